The normalized spacial score (nSPS) is 29.8. The molecule has 0 spiro atoms. The fourth-order valence-electron chi connectivity index (χ4n) is 3.13. The molecule has 4 heteroatoms. The Morgan fingerprint density at radius 2 is 2.11 bits per heavy atom. The maximum atomic E-state index is 6.12. The Morgan fingerprint density at radius 1 is 1.28 bits per heavy atom. The maximum Gasteiger partial charge on any atom is 0.0628 e. The third-order valence-electron chi connectivity index (χ3n) is 4.33. The minimum Gasteiger partial charge on any atom is -0.327 e. The van der Waals surface area contributed by atoms with Crippen LogP contribution in [0, 0.1) is 5.92 Å². The van der Waals surface area contributed by atoms with Crippen LogP contribution in [-0.2, 0) is 6.42 Å². The lowest BCUT2D eigenvalue weighted by Gasteiger charge is -2.22. The largest absolute Gasteiger partial charge is 0.327 e. The highest BCUT2D eigenvalue weighted by Gasteiger charge is 2.25. The van der Waals surface area contributed by atoms with Gasteiger partial charge >= 0.3 is 0 Å². The van der Waals surface area contributed by atoms with Crippen molar-refractivity contribution in [2.45, 2.75) is 50.6 Å². The van der Waals surface area contributed by atoms with Crippen molar-refractivity contribution < 1.29 is 0 Å². The van der Waals surface area contributed by atoms with E-state index in [1.807, 2.05) is 11.8 Å². The molecule has 2 heterocycles. The number of hydrogen-bond donors (Lipinski definition) is 1. The van der Waals surface area contributed by atoms with Crippen molar-refractivity contribution in [1.82, 2.24) is 9.78 Å². The molecule has 2 N–H and O–H groups in total. The summed E-state index contributed by atoms with van der Waals surface area (Å²) in [6, 6.07) is 3.22. The summed E-state index contributed by atoms with van der Waals surface area (Å²) in [5.74, 6) is 2.95. The van der Waals surface area contributed by atoms with Gasteiger partial charge in [-0.2, -0.15) is 16.9 Å². The van der Waals surface area contributed by atoms with Gasteiger partial charge in [-0.05, 0) is 37.0 Å². The lowest BCUT2D eigenvalue weighted by atomic mass is 9.96. The molecule has 100 valence electrons. The Morgan fingerprint density at radius 3 is 2.83 bits per heavy atom. The van der Waals surface area contributed by atoms with Crippen LogP contribution >= 0.6 is 11.8 Å². The summed E-state index contributed by atoms with van der Waals surface area (Å²) in [6.45, 7) is 0. The van der Waals surface area contributed by atoms with Crippen molar-refractivity contribution in [2.24, 2.45) is 11.7 Å². The van der Waals surface area contributed by atoms with Crippen LogP contribution in [0.15, 0.2) is 12.3 Å². The first kappa shape index (κ1) is 12.5. The van der Waals surface area contributed by atoms with E-state index in [0.29, 0.717) is 18.0 Å². The third kappa shape index (κ3) is 2.75. The van der Waals surface area contributed by atoms with Crippen LogP contribution in [0.4, 0.5) is 0 Å². The van der Waals surface area contributed by atoms with Crippen LogP contribution < -0.4 is 5.73 Å². The summed E-state index contributed by atoms with van der Waals surface area (Å²) in [4.78, 5) is 0. The van der Waals surface area contributed by atoms with Crippen molar-refractivity contribution in [3.8, 4) is 0 Å². The zero-order chi connectivity index (χ0) is 12.4. The standard InChI is InChI=1S/C14H23N3S/c15-14-10-18-9-11(14)8-12-6-7-17(16-12)13-4-2-1-3-5-13/h6-7,11,13-14H,1-5,8-10,15H2. The van der Waals surface area contributed by atoms with Crippen LogP contribution in [0.25, 0.3) is 0 Å². The monoisotopic (exact) mass is 265 g/mol. The molecule has 2 unspecified atom stereocenters. The van der Waals surface area contributed by atoms with Gasteiger partial charge in [0.25, 0.3) is 0 Å². The van der Waals surface area contributed by atoms with Gasteiger partial charge in [0.2, 0.25) is 0 Å². The molecule has 1 saturated carbocycles. The second kappa shape index (κ2) is 5.66. The van der Waals surface area contributed by atoms with Crippen molar-refractivity contribution in [3.05, 3.63) is 18.0 Å². The van der Waals surface area contributed by atoms with Gasteiger partial charge in [0, 0.05) is 18.0 Å². The van der Waals surface area contributed by atoms with Crippen LogP contribution in [0.2, 0.25) is 0 Å². The van der Waals surface area contributed by atoms with E-state index in [-0.39, 0.29) is 0 Å². The molecule has 0 radical (unpaired) electrons. The molecule has 0 aromatic carbocycles. The topological polar surface area (TPSA) is 43.8 Å². The molecule has 2 fully saturated rings. The fraction of sp³-hybridized carbons (Fsp3) is 0.786. The zero-order valence-electron chi connectivity index (χ0n) is 10.9. The first-order chi connectivity index (χ1) is 8.83. The van der Waals surface area contributed by atoms with Gasteiger partial charge in [0.15, 0.2) is 0 Å². The molecule has 0 amide bonds. The second-order valence-electron chi connectivity index (χ2n) is 5.74. The minimum atomic E-state index is 0.370. The van der Waals surface area contributed by atoms with Crippen LogP contribution in [-0.4, -0.2) is 27.3 Å². The molecule has 1 saturated heterocycles. The number of rotatable bonds is 3. The average molecular weight is 265 g/mol. The zero-order valence-corrected chi connectivity index (χ0v) is 11.7. The molecule has 18 heavy (non-hydrogen) atoms. The maximum absolute atomic E-state index is 6.12. The molecule has 1 aliphatic carbocycles. The molecule has 1 aromatic rings. The SMILES string of the molecule is NC1CSCC1Cc1ccn(C2CCCCC2)n1. The Hall–Kier alpha value is -0.480. The summed E-state index contributed by atoms with van der Waals surface area (Å²) in [5, 5.41) is 4.78. The molecule has 0 bridgehead atoms. The highest BCUT2D eigenvalue weighted by atomic mass is 32.2. The summed E-state index contributed by atoms with van der Waals surface area (Å²) in [7, 11) is 0. The average Bonchev–Trinajstić information content (AvgIpc) is 3.02. The van der Waals surface area contributed by atoms with Gasteiger partial charge < -0.3 is 5.73 Å². The molecule has 3 rings (SSSR count). The Labute approximate surface area is 114 Å². The summed E-state index contributed by atoms with van der Waals surface area (Å²) < 4.78 is 2.21. The molecular weight excluding hydrogens is 242 g/mol. The molecular formula is C14H23N3S. The Kier molecular flexibility index (Phi) is 3.94. The van der Waals surface area contributed by atoms with Gasteiger partial charge in [-0.1, -0.05) is 19.3 Å². The van der Waals surface area contributed by atoms with Crippen LogP contribution in [0.1, 0.15) is 43.8 Å². The van der Waals surface area contributed by atoms with Gasteiger partial charge in [0.05, 0.1) is 11.7 Å². The summed E-state index contributed by atoms with van der Waals surface area (Å²) >= 11 is 1.98. The Balaban J connectivity index is 1.62. The number of thioether (sulfide) groups is 1. The number of nitrogens with two attached hydrogens (primary N) is 1. The van der Waals surface area contributed by atoms with E-state index in [2.05, 4.69) is 16.9 Å². The number of nitrogens with zero attached hydrogens (tertiary/aromatic N) is 2. The van der Waals surface area contributed by atoms with E-state index in [9.17, 15) is 0 Å². The molecule has 1 aliphatic heterocycles. The van der Waals surface area contributed by atoms with Crippen LogP contribution in [0.5, 0.6) is 0 Å². The highest BCUT2D eigenvalue weighted by Crippen LogP contribution is 2.29. The first-order valence-corrected chi connectivity index (χ1v) is 8.36. The predicted octanol–water partition coefficient (Wildman–Crippen LogP) is 2.62. The summed E-state index contributed by atoms with van der Waals surface area (Å²) in [6.07, 6.45) is 9.99. The highest BCUT2D eigenvalue weighted by molar-refractivity contribution is 7.99. The third-order valence-corrected chi connectivity index (χ3v) is 5.62. The lowest BCUT2D eigenvalue weighted by Crippen LogP contribution is -2.29. The first-order valence-electron chi connectivity index (χ1n) is 7.20. The number of aromatic nitrogens is 2. The van der Waals surface area contributed by atoms with E-state index in [1.54, 1.807) is 0 Å². The van der Waals surface area contributed by atoms with Gasteiger partial charge in [-0.15, -0.1) is 0 Å². The van der Waals surface area contributed by atoms with Gasteiger partial charge in [-0.25, -0.2) is 0 Å². The minimum absolute atomic E-state index is 0.370. The second-order valence-corrected chi connectivity index (χ2v) is 6.82. The quantitative estimate of drug-likeness (QED) is 0.913. The van der Waals surface area contributed by atoms with E-state index in [4.69, 9.17) is 10.8 Å². The number of hydrogen-bond acceptors (Lipinski definition) is 3. The van der Waals surface area contributed by atoms with Gasteiger partial charge in [0.1, 0.15) is 0 Å². The Bertz CT molecular complexity index is 384. The molecule has 3 nitrogen and oxygen atoms in total. The van der Waals surface area contributed by atoms with Crippen molar-refractivity contribution in [3.63, 3.8) is 0 Å². The van der Waals surface area contributed by atoms with E-state index < -0.39 is 0 Å². The smallest absolute Gasteiger partial charge is 0.0628 e. The van der Waals surface area contributed by atoms with Crippen molar-refractivity contribution in [2.75, 3.05) is 11.5 Å². The fourth-order valence-corrected chi connectivity index (χ4v) is 4.48. The van der Waals surface area contributed by atoms with Crippen molar-refractivity contribution >= 4 is 11.8 Å². The molecule has 1 aromatic heterocycles. The van der Waals surface area contributed by atoms with Gasteiger partial charge in [-0.3, -0.25) is 4.68 Å². The van der Waals surface area contributed by atoms with Crippen molar-refractivity contribution in [1.29, 1.82) is 0 Å². The van der Waals surface area contributed by atoms with E-state index in [1.165, 1.54) is 43.6 Å². The lowest BCUT2D eigenvalue weighted by molar-refractivity contribution is 0.327. The molecule has 2 aliphatic rings. The van der Waals surface area contributed by atoms with Crippen LogP contribution in [0.3, 0.4) is 0 Å². The molecule has 2 atom stereocenters. The summed E-state index contributed by atoms with van der Waals surface area (Å²) in [5.41, 5.74) is 7.36. The van der Waals surface area contributed by atoms with E-state index >= 15 is 0 Å². The van der Waals surface area contributed by atoms with E-state index in [0.717, 1.165) is 12.2 Å². The predicted molar refractivity (Wildman–Crippen MR) is 76.8 cm³/mol.